The number of aromatic nitrogens is 3. The number of nitrogens with zero attached hydrogens (tertiary/aromatic N) is 3. The fourth-order valence-corrected chi connectivity index (χ4v) is 2.36. The summed E-state index contributed by atoms with van der Waals surface area (Å²) in [6, 6.07) is 1.53. The van der Waals surface area contributed by atoms with Gasteiger partial charge >= 0.3 is 0 Å². The maximum Gasteiger partial charge on any atom is 0.244 e. The lowest BCUT2D eigenvalue weighted by Gasteiger charge is -2.11. The van der Waals surface area contributed by atoms with Gasteiger partial charge in [-0.25, -0.2) is 4.98 Å². The van der Waals surface area contributed by atoms with Gasteiger partial charge in [0.2, 0.25) is 5.91 Å². The first-order valence-electron chi connectivity index (χ1n) is 5.84. The minimum Gasteiger partial charge on any atom is -0.354 e. The van der Waals surface area contributed by atoms with Gasteiger partial charge < -0.3 is 5.32 Å². The van der Waals surface area contributed by atoms with Crippen molar-refractivity contribution in [2.24, 2.45) is 0 Å². The molecule has 0 aliphatic carbocycles. The van der Waals surface area contributed by atoms with Crippen LogP contribution in [0.1, 0.15) is 23.7 Å². The molecule has 18 heavy (non-hydrogen) atoms. The van der Waals surface area contributed by atoms with Crippen molar-refractivity contribution < 1.29 is 4.79 Å². The van der Waals surface area contributed by atoms with Crippen molar-refractivity contribution >= 4 is 17.2 Å². The van der Waals surface area contributed by atoms with Crippen LogP contribution in [0.3, 0.4) is 0 Å². The van der Waals surface area contributed by atoms with Crippen LogP contribution in [-0.2, 0) is 11.2 Å². The molecule has 0 aliphatic rings. The van der Waals surface area contributed by atoms with Crippen molar-refractivity contribution in [3.05, 3.63) is 34.5 Å². The summed E-state index contributed by atoms with van der Waals surface area (Å²) in [6.45, 7) is 4.41. The summed E-state index contributed by atoms with van der Waals surface area (Å²) >= 11 is 1.63. The van der Waals surface area contributed by atoms with E-state index in [-0.39, 0.29) is 11.9 Å². The van der Waals surface area contributed by atoms with Crippen LogP contribution in [0.4, 0.5) is 0 Å². The fourth-order valence-electron chi connectivity index (χ4n) is 1.59. The van der Waals surface area contributed by atoms with E-state index in [4.69, 9.17) is 0 Å². The number of hydrogen-bond acceptors (Lipinski definition) is 4. The molecule has 0 saturated carbocycles. The Morgan fingerprint density at radius 1 is 1.61 bits per heavy atom. The highest BCUT2D eigenvalue weighted by molar-refractivity contribution is 7.09. The van der Waals surface area contributed by atoms with Crippen molar-refractivity contribution in [2.75, 3.05) is 6.54 Å². The molecule has 1 atom stereocenters. The zero-order valence-corrected chi connectivity index (χ0v) is 11.3. The molecule has 96 valence electrons. The van der Waals surface area contributed by atoms with Crippen LogP contribution in [0.25, 0.3) is 0 Å². The Kier molecular flexibility index (Phi) is 4.09. The SMILES string of the molecule is Cc1csc(CCNC(=O)C(C)n2cccn2)n1. The molecule has 5 nitrogen and oxygen atoms in total. The molecular formula is C12H16N4OS. The molecule has 2 rings (SSSR count). The first-order valence-corrected chi connectivity index (χ1v) is 6.72. The predicted molar refractivity (Wildman–Crippen MR) is 70.5 cm³/mol. The number of thiazole rings is 1. The van der Waals surface area contributed by atoms with Crippen LogP contribution in [-0.4, -0.2) is 27.2 Å². The number of hydrogen-bond donors (Lipinski definition) is 1. The lowest BCUT2D eigenvalue weighted by molar-refractivity contribution is -0.124. The number of amides is 1. The van der Waals surface area contributed by atoms with Crippen LogP contribution < -0.4 is 5.32 Å². The Balaban J connectivity index is 1.78. The fraction of sp³-hybridized carbons (Fsp3) is 0.417. The van der Waals surface area contributed by atoms with E-state index in [2.05, 4.69) is 15.4 Å². The predicted octanol–water partition coefficient (Wildman–Crippen LogP) is 1.57. The smallest absolute Gasteiger partial charge is 0.244 e. The number of carbonyl (C=O) groups excluding carboxylic acids is 1. The lowest BCUT2D eigenvalue weighted by atomic mass is 10.3. The summed E-state index contributed by atoms with van der Waals surface area (Å²) < 4.78 is 1.64. The normalized spacial score (nSPS) is 12.3. The largest absolute Gasteiger partial charge is 0.354 e. The van der Waals surface area contributed by atoms with E-state index >= 15 is 0 Å². The van der Waals surface area contributed by atoms with Gasteiger partial charge in [0.05, 0.1) is 5.01 Å². The van der Waals surface area contributed by atoms with Gasteiger partial charge in [0.25, 0.3) is 0 Å². The molecule has 0 spiro atoms. The summed E-state index contributed by atoms with van der Waals surface area (Å²) in [5, 5.41) is 10.0. The quantitative estimate of drug-likeness (QED) is 0.891. The number of rotatable bonds is 5. The minimum absolute atomic E-state index is 0.0213. The summed E-state index contributed by atoms with van der Waals surface area (Å²) in [4.78, 5) is 16.2. The highest BCUT2D eigenvalue weighted by Gasteiger charge is 2.14. The molecule has 2 heterocycles. The third-order valence-corrected chi connectivity index (χ3v) is 3.63. The standard InChI is InChI=1S/C12H16N4OS/c1-9-8-18-11(15-9)4-6-13-12(17)10(2)16-7-3-5-14-16/h3,5,7-8,10H,4,6H2,1-2H3,(H,13,17). The zero-order valence-electron chi connectivity index (χ0n) is 10.5. The van der Waals surface area contributed by atoms with Gasteiger partial charge in [0.15, 0.2) is 0 Å². The van der Waals surface area contributed by atoms with Gasteiger partial charge in [-0.15, -0.1) is 11.3 Å². The second-order valence-electron chi connectivity index (χ2n) is 4.09. The third kappa shape index (κ3) is 3.16. The summed E-state index contributed by atoms with van der Waals surface area (Å²) in [7, 11) is 0. The van der Waals surface area contributed by atoms with E-state index in [1.807, 2.05) is 25.3 Å². The van der Waals surface area contributed by atoms with Gasteiger partial charge in [-0.3, -0.25) is 9.48 Å². The van der Waals surface area contributed by atoms with Gasteiger partial charge in [0.1, 0.15) is 6.04 Å². The van der Waals surface area contributed by atoms with Gasteiger partial charge in [-0.05, 0) is 19.9 Å². The molecular weight excluding hydrogens is 248 g/mol. The maximum absolute atomic E-state index is 11.8. The number of carbonyl (C=O) groups is 1. The first-order chi connectivity index (χ1) is 8.66. The van der Waals surface area contributed by atoms with Crippen molar-refractivity contribution in [3.63, 3.8) is 0 Å². The van der Waals surface area contributed by atoms with Crippen molar-refractivity contribution in [2.45, 2.75) is 26.3 Å². The summed E-state index contributed by atoms with van der Waals surface area (Å²) in [5.74, 6) is -0.0213. The highest BCUT2D eigenvalue weighted by atomic mass is 32.1. The molecule has 0 fully saturated rings. The molecule has 0 saturated heterocycles. The van der Waals surface area contributed by atoms with Gasteiger partial charge in [-0.2, -0.15) is 5.10 Å². The van der Waals surface area contributed by atoms with E-state index in [9.17, 15) is 4.79 Å². The topological polar surface area (TPSA) is 59.8 Å². The highest BCUT2D eigenvalue weighted by Crippen LogP contribution is 2.09. The van der Waals surface area contributed by atoms with Crippen LogP contribution >= 0.6 is 11.3 Å². The Morgan fingerprint density at radius 2 is 2.44 bits per heavy atom. The molecule has 0 bridgehead atoms. The van der Waals surface area contributed by atoms with Crippen LogP contribution in [0, 0.1) is 6.92 Å². The molecule has 2 aromatic rings. The maximum atomic E-state index is 11.8. The molecule has 0 aliphatic heterocycles. The van der Waals surface area contributed by atoms with Crippen molar-refractivity contribution in [1.29, 1.82) is 0 Å². The summed E-state index contributed by atoms with van der Waals surface area (Å²) in [5.41, 5.74) is 1.03. The van der Waals surface area contributed by atoms with Crippen molar-refractivity contribution in [3.8, 4) is 0 Å². The van der Waals surface area contributed by atoms with E-state index in [0.29, 0.717) is 6.54 Å². The minimum atomic E-state index is -0.280. The number of nitrogens with one attached hydrogen (secondary N) is 1. The van der Waals surface area contributed by atoms with E-state index < -0.39 is 0 Å². The molecule has 1 N–H and O–H groups in total. The Labute approximate surface area is 110 Å². The van der Waals surface area contributed by atoms with Gasteiger partial charge in [-0.1, -0.05) is 0 Å². The Hall–Kier alpha value is -1.69. The lowest BCUT2D eigenvalue weighted by Crippen LogP contribution is -2.32. The molecule has 1 unspecified atom stereocenters. The first kappa shape index (κ1) is 12.8. The average Bonchev–Trinajstić information content (AvgIpc) is 2.99. The molecule has 2 aromatic heterocycles. The monoisotopic (exact) mass is 264 g/mol. The molecule has 6 heteroatoms. The second-order valence-corrected chi connectivity index (χ2v) is 5.03. The third-order valence-electron chi connectivity index (χ3n) is 2.61. The average molecular weight is 264 g/mol. The Bertz CT molecular complexity index is 506. The zero-order chi connectivity index (χ0) is 13.0. The van der Waals surface area contributed by atoms with Crippen molar-refractivity contribution in [1.82, 2.24) is 20.1 Å². The van der Waals surface area contributed by atoms with E-state index in [1.165, 1.54) is 0 Å². The van der Waals surface area contributed by atoms with Crippen LogP contribution in [0.5, 0.6) is 0 Å². The van der Waals surface area contributed by atoms with Gasteiger partial charge in [0, 0.05) is 36.4 Å². The second kappa shape index (κ2) is 5.77. The number of aryl methyl sites for hydroxylation is 1. The molecule has 0 radical (unpaired) electrons. The van der Waals surface area contributed by atoms with E-state index in [0.717, 1.165) is 17.1 Å². The molecule has 1 amide bonds. The molecule has 0 aromatic carbocycles. The summed E-state index contributed by atoms with van der Waals surface area (Å²) in [6.07, 6.45) is 4.23. The van der Waals surface area contributed by atoms with Crippen LogP contribution in [0.2, 0.25) is 0 Å². The Morgan fingerprint density at radius 3 is 3.06 bits per heavy atom. The van der Waals surface area contributed by atoms with E-state index in [1.54, 1.807) is 28.4 Å². The van der Waals surface area contributed by atoms with Crippen LogP contribution in [0.15, 0.2) is 23.8 Å².